The largest absolute Gasteiger partial charge is 0.326 e. The average molecular weight is 218 g/mol. The van der Waals surface area contributed by atoms with E-state index < -0.39 is 0 Å². The summed E-state index contributed by atoms with van der Waals surface area (Å²) in [6.07, 6.45) is 5.81. The fourth-order valence-corrected chi connectivity index (χ4v) is 2.25. The normalized spacial score (nSPS) is 17.7. The molecule has 0 heterocycles. The van der Waals surface area contributed by atoms with E-state index in [4.69, 9.17) is 11.6 Å². The van der Waals surface area contributed by atoms with Crippen molar-refractivity contribution in [3.8, 4) is 0 Å². The molecule has 0 radical (unpaired) electrons. The predicted octanol–water partition coefficient (Wildman–Crippen LogP) is 3.64. The van der Waals surface area contributed by atoms with Crippen molar-refractivity contribution in [1.82, 2.24) is 4.90 Å². The molecule has 3 heteroatoms. The molecule has 0 aromatic carbocycles. The quantitative estimate of drug-likeness (QED) is 0.520. The molecule has 0 atom stereocenters. The van der Waals surface area contributed by atoms with Crippen molar-refractivity contribution in [3.63, 3.8) is 0 Å². The second-order valence-electron chi connectivity index (χ2n) is 4.57. The molecule has 0 saturated heterocycles. The number of carbonyl (C=O) groups excluding carboxylic acids is 1. The second kappa shape index (κ2) is 5.59. The monoisotopic (exact) mass is 217 g/mol. The van der Waals surface area contributed by atoms with Crippen molar-refractivity contribution in [2.45, 2.75) is 52.0 Å². The highest BCUT2D eigenvalue weighted by Gasteiger charge is 2.25. The third-order valence-corrected chi connectivity index (χ3v) is 3.16. The predicted molar refractivity (Wildman–Crippen MR) is 59.7 cm³/mol. The highest BCUT2D eigenvalue weighted by molar-refractivity contribution is 6.62. The first-order chi connectivity index (χ1) is 6.61. The molecule has 1 aliphatic carbocycles. The Morgan fingerprint density at radius 1 is 1.43 bits per heavy atom. The summed E-state index contributed by atoms with van der Waals surface area (Å²) in [4.78, 5) is 13.1. The van der Waals surface area contributed by atoms with Gasteiger partial charge in [-0.3, -0.25) is 4.79 Å². The van der Waals surface area contributed by atoms with Gasteiger partial charge in [0, 0.05) is 12.6 Å². The zero-order valence-corrected chi connectivity index (χ0v) is 9.89. The van der Waals surface area contributed by atoms with Crippen LogP contribution in [0.25, 0.3) is 0 Å². The van der Waals surface area contributed by atoms with Gasteiger partial charge in [-0.1, -0.05) is 26.7 Å². The van der Waals surface area contributed by atoms with E-state index in [-0.39, 0.29) is 5.37 Å². The fraction of sp³-hybridized carbons (Fsp3) is 0.909. The smallest absolute Gasteiger partial charge is 0.316 e. The number of hydrogen-bond donors (Lipinski definition) is 0. The van der Waals surface area contributed by atoms with Gasteiger partial charge in [0.2, 0.25) is 0 Å². The fourth-order valence-electron chi connectivity index (χ4n) is 2.03. The third kappa shape index (κ3) is 3.49. The Morgan fingerprint density at radius 3 is 2.43 bits per heavy atom. The molecular weight excluding hydrogens is 198 g/mol. The van der Waals surface area contributed by atoms with Gasteiger partial charge >= 0.3 is 5.37 Å². The van der Waals surface area contributed by atoms with Crippen molar-refractivity contribution in [2.75, 3.05) is 6.54 Å². The van der Waals surface area contributed by atoms with Crippen LogP contribution in [-0.4, -0.2) is 22.9 Å². The first kappa shape index (κ1) is 11.8. The van der Waals surface area contributed by atoms with Crippen molar-refractivity contribution in [1.29, 1.82) is 0 Å². The summed E-state index contributed by atoms with van der Waals surface area (Å²) in [7, 11) is 0. The van der Waals surface area contributed by atoms with Crippen molar-refractivity contribution >= 4 is 17.0 Å². The van der Waals surface area contributed by atoms with Crippen LogP contribution in [0.3, 0.4) is 0 Å². The summed E-state index contributed by atoms with van der Waals surface area (Å²) in [6, 6.07) is 0.416. The highest BCUT2D eigenvalue weighted by Crippen LogP contribution is 2.25. The lowest BCUT2D eigenvalue weighted by Gasteiger charge is -2.27. The maximum atomic E-state index is 11.2. The summed E-state index contributed by atoms with van der Waals surface area (Å²) >= 11 is 5.59. The zero-order valence-electron chi connectivity index (χ0n) is 9.13. The minimum absolute atomic E-state index is 0.266. The number of rotatable bonds is 4. The molecule has 1 saturated carbocycles. The van der Waals surface area contributed by atoms with Crippen LogP contribution in [0.1, 0.15) is 46.0 Å². The van der Waals surface area contributed by atoms with Gasteiger partial charge < -0.3 is 4.90 Å². The van der Waals surface area contributed by atoms with Gasteiger partial charge in [0.1, 0.15) is 0 Å². The van der Waals surface area contributed by atoms with E-state index in [1.165, 1.54) is 12.8 Å². The minimum atomic E-state index is -0.266. The van der Waals surface area contributed by atoms with Crippen LogP contribution >= 0.6 is 11.6 Å². The van der Waals surface area contributed by atoms with E-state index >= 15 is 0 Å². The Balaban J connectivity index is 2.42. The van der Waals surface area contributed by atoms with Gasteiger partial charge in [-0.2, -0.15) is 0 Å². The Bertz CT molecular complexity index is 188. The van der Waals surface area contributed by atoms with E-state index in [1.54, 1.807) is 0 Å². The van der Waals surface area contributed by atoms with Crippen LogP contribution in [-0.2, 0) is 0 Å². The lowest BCUT2D eigenvalue weighted by Crippen LogP contribution is -2.36. The van der Waals surface area contributed by atoms with Gasteiger partial charge in [-0.05, 0) is 36.8 Å². The third-order valence-electron chi connectivity index (χ3n) is 2.94. The van der Waals surface area contributed by atoms with Crippen LogP contribution < -0.4 is 0 Å². The number of hydrogen-bond acceptors (Lipinski definition) is 1. The Hall–Kier alpha value is -0.240. The number of nitrogens with zero attached hydrogens (tertiary/aromatic N) is 1. The van der Waals surface area contributed by atoms with E-state index in [1.807, 2.05) is 4.90 Å². The zero-order chi connectivity index (χ0) is 10.6. The molecule has 82 valence electrons. The molecule has 1 rings (SSSR count). The summed E-state index contributed by atoms with van der Waals surface area (Å²) in [6.45, 7) is 5.17. The van der Waals surface area contributed by atoms with Crippen molar-refractivity contribution < 1.29 is 4.79 Å². The highest BCUT2D eigenvalue weighted by atomic mass is 35.5. The number of amides is 1. The van der Waals surface area contributed by atoms with Gasteiger partial charge in [0.05, 0.1) is 0 Å². The van der Waals surface area contributed by atoms with E-state index in [2.05, 4.69) is 13.8 Å². The summed E-state index contributed by atoms with van der Waals surface area (Å²) < 4.78 is 0. The van der Waals surface area contributed by atoms with Crippen molar-refractivity contribution in [2.24, 2.45) is 5.92 Å². The molecule has 0 unspecified atom stereocenters. The molecule has 0 bridgehead atoms. The molecular formula is C11H20ClNO. The first-order valence-corrected chi connectivity index (χ1v) is 5.95. The molecule has 1 amide bonds. The molecule has 0 N–H and O–H groups in total. The summed E-state index contributed by atoms with van der Waals surface area (Å²) in [5.74, 6) is 0.634. The molecule has 2 nitrogen and oxygen atoms in total. The van der Waals surface area contributed by atoms with Gasteiger partial charge in [0.25, 0.3) is 0 Å². The molecule has 14 heavy (non-hydrogen) atoms. The summed E-state index contributed by atoms with van der Waals surface area (Å²) in [5, 5.41) is -0.266. The Morgan fingerprint density at radius 2 is 2.00 bits per heavy atom. The topological polar surface area (TPSA) is 20.3 Å². The van der Waals surface area contributed by atoms with E-state index in [0.717, 1.165) is 25.8 Å². The Kier molecular flexibility index (Phi) is 4.73. The molecule has 0 aromatic heterocycles. The molecule has 0 spiro atoms. The maximum Gasteiger partial charge on any atom is 0.316 e. The van der Waals surface area contributed by atoms with Crippen LogP contribution in [0.4, 0.5) is 4.79 Å². The first-order valence-electron chi connectivity index (χ1n) is 5.57. The summed E-state index contributed by atoms with van der Waals surface area (Å²) in [5.41, 5.74) is 0. The lowest BCUT2D eigenvalue weighted by molar-refractivity contribution is 0.194. The van der Waals surface area contributed by atoms with Crippen LogP contribution in [0.15, 0.2) is 0 Å². The standard InChI is InChI=1S/C11H20ClNO/c1-9(2)7-8-13(11(12)14)10-5-3-4-6-10/h9-10H,3-8H2,1-2H3. The molecule has 1 fully saturated rings. The Labute approximate surface area is 91.6 Å². The van der Waals surface area contributed by atoms with Gasteiger partial charge in [0.15, 0.2) is 0 Å². The van der Waals surface area contributed by atoms with Gasteiger partial charge in [-0.15, -0.1) is 0 Å². The molecule has 1 aliphatic rings. The minimum Gasteiger partial charge on any atom is -0.326 e. The molecule has 0 aliphatic heterocycles. The van der Waals surface area contributed by atoms with Crippen LogP contribution in [0.2, 0.25) is 0 Å². The maximum absolute atomic E-state index is 11.2. The van der Waals surface area contributed by atoms with Crippen LogP contribution in [0, 0.1) is 5.92 Å². The SMILES string of the molecule is CC(C)CCN(C(=O)Cl)C1CCCC1. The van der Waals surface area contributed by atoms with E-state index in [0.29, 0.717) is 12.0 Å². The van der Waals surface area contributed by atoms with Crippen molar-refractivity contribution in [3.05, 3.63) is 0 Å². The lowest BCUT2D eigenvalue weighted by atomic mass is 10.1. The van der Waals surface area contributed by atoms with Gasteiger partial charge in [-0.25, -0.2) is 0 Å². The van der Waals surface area contributed by atoms with Crippen LogP contribution in [0.5, 0.6) is 0 Å². The average Bonchev–Trinajstić information content (AvgIpc) is 2.56. The molecule has 0 aromatic rings. The number of carbonyl (C=O) groups is 1. The number of halogens is 1. The van der Waals surface area contributed by atoms with E-state index in [9.17, 15) is 4.79 Å². The second-order valence-corrected chi connectivity index (χ2v) is 4.89.